The van der Waals surface area contributed by atoms with Crippen LogP contribution in [0, 0.1) is 0 Å². The van der Waals surface area contributed by atoms with Crippen molar-refractivity contribution in [3.05, 3.63) is 35.4 Å². The lowest BCUT2D eigenvalue weighted by Crippen LogP contribution is -2.26. The number of carbonyl (C=O) groups is 2. The van der Waals surface area contributed by atoms with Gasteiger partial charge in [0.25, 0.3) is 5.91 Å². The van der Waals surface area contributed by atoms with Crippen molar-refractivity contribution in [3.8, 4) is 0 Å². The Balaban J connectivity index is 2.67. The van der Waals surface area contributed by atoms with E-state index in [1.165, 1.54) is 0 Å². The van der Waals surface area contributed by atoms with Crippen molar-refractivity contribution < 1.29 is 14.8 Å². The third-order valence-corrected chi connectivity index (χ3v) is 2.63. The molecular weight excluding hydrogens is 232 g/mol. The topological polar surface area (TPSA) is 78.4 Å². The Labute approximate surface area is 106 Å². The molecule has 5 nitrogen and oxygen atoms in total. The van der Waals surface area contributed by atoms with E-state index < -0.39 is 5.91 Å². The quantitative estimate of drug-likeness (QED) is 0.550. The largest absolute Gasteiger partial charge is 0.350 e. The van der Waals surface area contributed by atoms with Crippen LogP contribution in [0.1, 0.15) is 48.7 Å². The summed E-state index contributed by atoms with van der Waals surface area (Å²) in [7, 11) is 0. The van der Waals surface area contributed by atoms with Crippen molar-refractivity contribution in [2.45, 2.75) is 32.7 Å². The Bertz CT molecular complexity index is 415. The maximum Gasteiger partial charge on any atom is 0.274 e. The van der Waals surface area contributed by atoms with Crippen molar-refractivity contribution in [1.82, 2.24) is 10.8 Å². The summed E-state index contributed by atoms with van der Waals surface area (Å²) in [5.74, 6) is -0.536. The zero-order valence-corrected chi connectivity index (χ0v) is 10.6. The van der Waals surface area contributed by atoms with E-state index in [2.05, 4.69) is 5.32 Å². The van der Waals surface area contributed by atoms with Crippen LogP contribution in [0.2, 0.25) is 0 Å². The highest BCUT2D eigenvalue weighted by Crippen LogP contribution is 2.13. The van der Waals surface area contributed by atoms with E-state index in [1.54, 1.807) is 29.7 Å². The molecule has 18 heavy (non-hydrogen) atoms. The predicted molar refractivity (Wildman–Crippen MR) is 67.2 cm³/mol. The monoisotopic (exact) mass is 250 g/mol. The summed E-state index contributed by atoms with van der Waals surface area (Å²) in [6.45, 7) is 3.83. The van der Waals surface area contributed by atoms with Gasteiger partial charge in [0.15, 0.2) is 0 Å². The number of nitrogens with one attached hydrogen (secondary N) is 2. The lowest BCUT2D eigenvalue weighted by atomic mass is 10.1. The summed E-state index contributed by atoms with van der Waals surface area (Å²) >= 11 is 0. The Morgan fingerprint density at radius 2 is 1.89 bits per heavy atom. The van der Waals surface area contributed by atoms with Gasteiger partial charge in [-0.05, 0) is 31.0 Å². The zero-order chi connectivity index (χ0) is 13.5. The lowest BCUT2D eigenvalue weighted by molar-refractivity contribution is -0.121. The molecule has 1 unspecified atom stereocenters. The molecule has 0 saturated heterocycles. The highest BCUT2D eigenvalue weighted by atomic mass is 16.5. The number of hydrogen-bond donors (Lipinski definition) is 3. The number of rotatable bonds is 5. The van der Waals surface area contributed by atoms with E-state index in [1.807, 2.05) is 13.8 Å². The van der Waals surface area contributed by atoms with Gasteiger partial charge >= 0.3 is 0 Å². The Hall–Kier alpha value is -1.88. The molecule has 0 aliphatic carbocycles. The molecule has 0 radical (unpaired) electrons. The minimum atomic E-state index is -0.552. The van der Waals surface area contributed by atoms with E-state index in [0.29, 0.717) is 12.0 Å². The second kappa shape index (κ2) is 6.76. The fraction of sp³-hybridized carbons (Fsp3) is 0.385. The van der Waals surface area contributed by atoms with Gasteiger partial charge in [-0.3, -0.25) is 14.8 Å². The third-order valence-electron chi connectivity index (χ3n) is 2.63. The summed E-state index contributed by atoms with van der Waals surface area (Å²) in [5.41, 5.74) is 2.85. The van der Waals surface area contributed by atoms with Crippen molar-refractivity contribution in [1.29, 1.82) is 0 Å². The molecule has 1 rings (SSSR count). The molecule has 1 atom stereocenters. The van der Waals surface area contributed by atoms with Crippen LogP contribution in [0.25, 0.3) is 0 Å². The smallest absolute Gasteiger partial charge is 0.274 e. The van der Waals surface area contributed by atoms with Gasteiger partial charge in [-0.15, -0.1) is 0 Å². The van der Waals surface area contributed by atoms with E-state index in [0.717, 1.165) is 12.0 Å². The average Bonchev–Trinajstić information content (AvgIpc) is 2.38. The maximum absolute atomic E-state index is 11.4. The zero-order valence-electron chi connectivity index (χ0n) is 10.6. The molecule has 0 aliphatic rings. The van der Waals surface area contributed by atoms with E-state index in [4.69, 9.17) is 5.21 Å². The summed E-state index contributed by atoms with van der Waals surface area (Å²) < 4.78 is 0. The fourth-order valence-corrected chi connectivity index (χ4v) is 1.61. The molecule has 0 bridgehead atoms. The van der Waals surface area contributed by atoms with Crippen LogP contribution in [0.15, 0.2) is 24.3 Å². The van der Waals surface area contributed by atoms with Gasteiger partial charge in [0.1, 0.15) is 0 Å². The minimum Gasteiger partial charge on any atom is -0.350 e. The van der Waals surface area contributed by atoms with E-state index in [9.17, 15) is 9.59 Å². The highest BCUT2D eigenvalue weighted by molar-refractivity contribution is 5.93. The second-order valence-electron chi connectivity index (χ2n) is 4.10. The molecule has 0 aromatic heterocycles. The normalized spacial score (nSPS) is 11.7. The Kier molecular flexibility index (Phi) is 5.32. The van der Waals surface area contributed by atoms with Crippen LogP contribution in [0.4, 0.5) is 0 Å². The molecular formula is C13H18N2O3. The van der Waals surface area contributed by atoms with Crippen LogP contribution in [-0.2, 0) is 4.79 Å². The van der Waals surface area contributed by atoms with Crippen molar-refractivity contribution >= 4 is 11.8 Å². The first kappa shape index (κ1) is 14.2. The molecule has 1 aromatic rings. The molecule has 2 amide bonds. The molecule has 0 aliphatic heterocycles. The SMILES string of the molecule is CCCC(=O)NC(C)c1ccc(C(=O)NO)cc1. The molecule has 5 heteroatoms. The van der Waals surface area contributed by atoms with Gasteiger partial charge in [0, 0.05) is 12.0 Å². The molecule has 98 valence electrons. The molecule has 3 N–H and O–H groups in total. The van der Waals surface area contributed by atoms with Crippen molar-refractivity contribution in [3.63, 3.8) is 0 Å². The van der Waals surface area contributed by atoms with E-state index >= 15 is 0 Å². The molecule has 1 aromatic carbocycles. The fourth-order valence-electron chi connectivity index (χ4n) is 1.61. The van der Waals surface area contributed by atoms with Crippen molar-refractivity contribution in [2.75, 3.05) is 0 Å². The molecule has 0 saturated carbocycles. The van der Waals surface area contributed by atoms with E-state index in [-0.39, 0.29) is 11.9 Å². The first-order valence-electron chi connectivity index (χ1n) is 5.92. The number of amides is 2. The van der Waals surface area contributed by atoms with Crippen LogP contribution in [0.5, 0.6) is 0 Å². The van der Waals surface area contributed by atoms with Gasteiger partial charge in [0.05, 0.1) is 6.04 Å². The first-order valence-corrected chi connectivity index (χ1v) is 5.92. The maximum atomic E-state index is 11.4. The summed E-state index contributed by atoms with van der Waals surface area (Å²) in [6.07, 6.45) is 1.32. The third kappa shape index (κ3) is 3.85. The van der Waals surface area contributed by atoms with Gasteiger partial charge in [0.2, 0.25) is 5.91 Å². The predicted octanol–water partition coefficient (Wildman–Crippen LogP) is 1.78. The molecule has 0 fully saturated rings. The number of benzene rings is 1. The summed E-state index contributed by atoms with van der Waals surface area (Å²) in [5, 5.41) is 11.4. The Morgan fingerprint density at radius 3 is 2.39 bits per heavy atom. The summed E-state index contributed by atoms with van der Waals surface area (Å²) in [6, 6.07) is 6.60. The second-order valence-corrected chi connectivity index (χ2v) is 4.10. The highest BCUT2D eigenvalue weighted by Gasteiger charge is 2.10. The average molecular weight is 250 g/mol. The number of hydrogen-bond acceptors (Lipinski definition) is 3. The standard InChI is InChI=1S/C13H18N2O3/c1-3-4-12(16)14-9(2)10-5-7-11(8-6-10)13(17)15-18/h5-9,18H,3-4H2,1-2H3,(H,14,16)(H,15,17). The minimum absolute atomic E-state index is 0.0159. The first-order chi connectivity index (χ1) is 8.58. The van der Waals surface area contributed by atoms with Crippen LogP contribution < -0.4 is 10.8 Å². The summed E-state index contributed by atoms with van der Waals surface area (Å²) in [4.78, 5) is 22.6. The van der Waals surface area contributed by atoms with Gasteiger partial charge in [-0.2, -0.15) is 0 Å². The van der Waals surface area contributed by atoms with Crippen LogP contribution in [-0.4, -0.2) is 17.0 Å². The van der Waals surface area contributed by atoms with Gasteiger partial charge in [-0.25, -0.2) is 5.48 Å². The van der Waals surface area contributed by atoms with Gasteiger partial charge < -0.3 is 5.32 Å². The number of carbonyl (C=O) groups excluding carboxylic acids is 2. The Morgan fingerprint density at radius 1 is 1.28 bits per heavy atom. The van der Waals surface area contributed by atoms with Crippen LogP contribution in [0.3, 0.4) is 0 Å². The number of hydroxylamine groups is 1. The van der Waals surface area contributed by atoms with Gasteiger partial charge in [-0.1, -0.05) is 19.1 Å². The van der Waals surface area contributed by atoms with Crippen LogP contribution >= 0.6 is 0 Å². The van der Waals surface area contributed by atoms with Crippen molar-refractivity contribution in [2.24, 2.45) is 0 Å². The molecule has 0 heterocycles. The lowest BCUT2D eigenvalue weighted by Gasteiger charge is -2.14. The molecule has 0 spiro atoms.